The van der Waals surface area contributed by atoms with Gasteiger partial charge in [-0.05, 0) is 79.4 Å². The summed E-state index contributed by atoms with van der Waals surface area (Å²) in [6.07, 6.45) is 7.02. The van der Waals surface area contributed by atoms with Gasteiger partial charge in [-0.25, -0.2) is 4.89 Å². The fourth-order valence-corrected chi connectivity index (χ4v) is 7.10. The van der Waals surface area contributed by atoms with Crippen molar-refractivity contribution >= 4 is 10.8 Å². The van der Waals surface area contributed by atoms with E-state index < -0.39 is 5.79 Å². The standard InChI is InChI=1S/C24H28O3/c1-2-25-24(21-9-5-7-17-6-3-4-8-20(17)21)23(26-27-24)22-18-11-15-10-16(13-18)14-19(22)12-15/h3-9,15-16,18-19,22-23H,2,10-14H2,1H3. The Bertz CT molecular complexity index is 828. The van der Waals surface area contributed by atoms with E-state index in [1.807, 2.05) is 0 Å². The Morgan fingerprint density at radius 3 is 2.30 bits per heavy atom. The Balaban J connectivity index is 1.43. The van der Waals surface area contributed by atoms with Crippen molar-refractivity contribution in [3.63, 3.8) is 0 Å². The Morgan fingerprint density at radius 2 is 1.63 bits per heavy atom. The minimum absolute atomic E-state index is 0.0123. The molecule has 4 saturated carbocycles. The summed E-state index contributed by atoms with van der Waals surface area (Å²) in [5, 5.41) is 2.44. The summed E-state index contributed by atoms with van der Waals surface area (Å²) in [7, 11) is 0. The van der Waals surface area contributed by atoms with E-state index in [9.17, 15) is 0 Å². The Morgan fingerprint density at radius 1 is 0.926 bits per heavy atom. The van der Waals surface area contributed by atoms with E-state index in [1.54, 1.807) is 0 Å². The summed E-state index contributed by atoms with van der Waals surface area (Å²) in [5.74, 6) is 3.30. The number of benzene rings is 2. The maximum absolute atomic E-state index is 6.38. The van der Waals surface area contributed by atoms with E-state index in [2.05, 4.69) is 49.4 Å². The lowest BCUT2D eigenvalue weighted by atomic mass is 9.50. The van der Waals surface area contributed by atoms with Gasteiger partial charge in [-0.15, -0.1) is 0 Å². The molecule has 2 atom stereocenters. The first kappa shape index (κ1) is 16.5. The average Bonchev–Trinajstić information content (AvgIpc) is 2.67. The highest BCUT2D eigenvalue weighted by molar-refractivity contribution is 5.86. The second-order valence-electron chi connectivity index (χ2n) is 9.24. The molecule has 2 aromatic rings. The van der Waals surface area contributed by atoms with Crippen LogP contribution in [0.3, 0.4) is 0 Å². The van der Waals surface area contributed by atoms with Crippen molar-refractivity contribution in [1.29, 1.82) is 0 Å². The molecule has 3 heteroatoms. The zero-order valence-electron chi connectivity index (χ0n) is 16.0. The van der Waals surface area contributed by atoms with Crippen LogP contribution in [-0.4, -0.2) is 12.7 Å². The first-order valence-corrected chi connectivity index (χ1v) is 10.7. The summed E-state index contributed by atoms with van der Waals surface area (Å²) in [5.41, 5.74) is 1.13. The molecular formula is C24H28O3. The Hall–Kier alpha value is -1.42. The molecule has 0 spiro atoms. The van der Waals surface area contributed by atoms with Gasteiger partial charge < -0.3 is 4.74 Å². The van der Waals surface area contributed by atoms with Crippen LogP contribution in [0.2, 0.25) is 0 Å². The molecule has 7 rings (SSSR count). The van der Waals surface area contributed by atoms with Gasteiger partial charge in [0.1, 0.15) is 0 Å². The van der Waals surface area contributed by atoms with Gasteiger partial charge in [-0.3, -0.25) is 0 Å². The van der Waals surface area contributed by atoms with Crippen LogP contribution in [0, 0.1) is 29.6 Å². The molecule has 3 nitrogen and oxygen atoms in total. The van der Waals surface area contributed by atoms with Crippen LogP contribution in [0.15, 0.2) is 42.5 Å². The van der Waals surface area contributed by atoms with Crippen LogP contribution < -0.4 is 0 Å². The third kappa shape index (κ3) is 2.31. The van der Waals surface area contributed by atoms with Crippen LogP contribution in [0.5, 0.6) is 0 Å². The Kier molecular flexibility index (Phi) is 3.70. The molecule has 0 aromatic heterocycles. The number of rotatable bonds is 4. The number of hydrogen-bond donors (Lipinski definition) is 0. The predicted octanol–water partition coefficient (Wildman–Crippen LogP) is 5.43. The molecule has 2 unspecified atom stereocenters. The highest BCUT2D eigenvalue weighted by Crippen LogP contribution is 2.61. The third-order valence-electron chi connectivity index (χ3n) is 7.82. The van der Waals surface area contributed by atoms with Gasteiger partial charge in [-0.1, -0.05) is 42.5 Å². The van der Waals surface area contributed by atoms with Crippen molar-refractivity contribution in [3.8, 4) is 0 Å². The predicted molar refractivity (Wildman–Crippen MR) is 104 cm³/mol. The van der Waals surface area contributed by atoms with Gasteiger partial charge in [0.05, 0.1) is 0 Å². The van der Waals surface area contributed by atoms with Crippen molar-refractivity contribution in [2.75, 3.05) is 6.61 Å². The first-order valence-electron chi connectivity index (χ1n) is 10.7. The molecule has 5 aliphatic rings. The van der Waals surface area contributed by atoms with E-state index in [0.29, 0.717) is 12.5 Å². The van der Waals surface area contributed by atoms with Crippen LogP contribution >= 0.6 is 0 Å². The smallest absolute Gasteiger partial charge is 0.258 e. The number of hydrogen-bond acceptors (Lipinski definition) is 3. The zero-order valence-corrected chi connectivity index (χ0v) is 16.0. The summed E-state index contributed by atoms with van der Waals surface area (Å²) in [6.45, 7) is 2.68. The molecular weight excluding hydrogens is 336 g/mol. The minimum atomic E-state index is -0.754. The van der Waals surface area contributed by atoms with Crippen molar-refractivity contribution in [2.45, 2.75) is 50.9 Å². The molecule has 1 heterocycles. The average molecular weight is 364 g/mol. The Labute approximate surface area is 160 Å². The van der Waals surface area contributed by atoms with Gasteiger partial charge in [0.2, 0.25) is 0 Å². The second kappa shape index (κ2) is 6.04. The molecule has 0 N–H and O–H groups in total. The monoisotopic (exact) mass is 364 g/mol. The van der Waals surface area contributed by atoms with E-state index in [4.69, 9.17) is 14.5 Å². The maximum Gasteiger partial charge on any atom is 0.258 e. The molecule has 1 saturated heterocycles. The first-order chi connectivity index (χ1) is 13.3. The number of fused-ring (bicyclic) bond motifs is 1. The van der Waals surface area contributed by atoms with E-state index >= 15 is 0 Å². The van der Waals surface area contributed by atoms with Crippen LogP contribution in [0.4, 0.5) is 0 Å². The number of ether oxygens (including phenoxy) is 1. The second-order valence-corrected chi connectivity index (χ2v) is 9.24. The van der Waals surface area contributed by atoms with Gasteiger partial charge in [0.25, 0.3) is 5.79 Å². The highest BCUT2D eigenvalue weighted by atomic mass is 17.3. The maximum atomic E-state index is 6.38. The molecule has 5 fully saturated rings. The lowest BCUT2D eigenvalue weighted by Gasteiger charge is -2.60. The van der Waals surface area contributed by atoms with E-state index in [-0.39, 0.29) is 6.10 Å². The molecule has 2 aromatic carbocycles. The topological polar surface area (TPSA) is 27.7 Å². The molecule has 0 amide bonds. The van der Waals surface area contributed by atoms with Gasteiger partial charge >= 0.3 is 0 Å². The van der Waals surface area contributed by atoms with Gasteiger partial charge in [0, 0.05) is 12.2 Å². The van der Waals surface area contributed by atoms with Gasteiger partial charge in [0.15, 0.2) is 6.10 Å². The van der Waals surface area contributed by atoms with Crippen molar-refractivity contribution < 1.29 is 14.5 Å². The molecule has 1 aliphatic heterocycles. The van der Waals surface area contributed by atoms with Crippen LogP contribution in [0.1, 0.15) is 44.6 Å². The minimum Gasteiger partial charge on any atom is -0.342 e. The molecule has 27 heavy (non-hydrogen) atoms. The van der Waals surface area contributed by atoms with Crippen LogP contribution in [0.25, 0.3) is 10.8 Å². The molecule has 4 aliphatic carbocycles. The lowest BCUT2D eigenvalue weighted by Crippen LogP contribution is -2.64. The normalized spacial score (nSPS) is 42.4. The lowest BCUT2D eigenvalue weighted by molar-refractivity contribution is -0.594. The third-order valence-corrected chi connectivity index (χ3v) is 7.82. The van der Waals surface area contributed by atoms with Crippen molar-refractivity contribution in [1.82, 2.24) is 0 Å². The van der Waals surface area contributed by atoms with E-state index in [0.717, 1.165) is 29.2 Å². The largest absolute Gasteiger partial charge is 0.342 e. The summed E-state index contributed by atoms with van der Waals surface area (Å²) < 4.78 is 6.38. The van der Waals surface area contributed by atoms with Gasteiger partial charge in [-0.2, -0.15) is 4.89 Å². The fourth-order valence-electron chi connectivity index (χ4n) is 7.10. The van der Waals surface area contributed by atoms with Crippen molar-refractivity contribution in [3.05, 3.63) is 48.0 Å². The zero-order chi connectivity index (χ0) is 18.0. The molecule has 4 bridgehead atoms. The fraction of sp³-hybridized carbons (Fsp3) is 0.583. The molecule has 142 valence electrons. The summed E-state index contributed by atoms with van der Waals surface area (Å²) in [4.78, 5) is 11.8. The summed E-state index contributed by atoms with van der Waals surface area (Å²) in [6, 6.07) is 15.0. The molecule has 0 radical (unpaired) electrons. The van der Waals surface area contributed by atoms with Crippen LogP contribution in [-0.2, 0) is 20.3 Å². The summed E-state index contributed by atoms with van der Waals surface area (Å²) >= 11 is 0. The SMILES string of the molecule is CCOC1(c2cccc3ccccc23)OOC1C1C2CC3CC(C2)CC1C3. The quantitative estimate of drug-likeness (QED) is 0.677. The van der Waals surface area contributed by atoms with Crippen molar-refractivity contribution in [2.24, 2.45) is 29.6 Å². The highest BCUT2D eigenvalue weighted by Gasteiger charge is 2.63. The van der Waals surface area contributed by atoms with E-state index in [1.165, 1.54) is 42.9 Å².